The lowest BCUT2D eigenvalue weighted by atomic mass is 9.99. The van der Waals surface area contributed by atoms with E-state index in [0.29, 0.717) is 4.88 Å². The van der Waals surface area contributed by atoms with Crippen LogP contribution < -0.4 is 11.1 Å². The Balaban J connectivity index is 1.99. The summed E-state index contributed by atoms with van der Waals surface area (Å²) in [6, 6.07) is 0.865. The summed E-state index contributed by atoms with van der Waals surface area (Å²) in [7, 11) is 0. The van der Waals surface area contributed by atoms with Gasteiger partial charge in [0.2, 0.25) is 0 Å². The zero-order chi connectivity index (χ0) is 14.7. The number of ether oxygens (including phenoxy) is 1. The Morgan fingerprint density at radius 3 is 2.70 bits per heavy atom. The second kappa shape index (κ2) is 6.04. The van der Waals surface area contributed by atoms with Crippen molar-refractivity contribution in [3.05, 3.63) is 21.4 Å². The van der Waals surface area contributed by atoms with Gasteiger partial charge in [-0.05, 0) is 44.2 Å². The Bertz CT molecular complexity index is 529. The first kappa shape index (κ1) is 14.5. The molecule has 1 heterocycles. The van der Waals surface area contributed by atoms with Crippen LogP contribution in [0.25, 0.3) is 0 Å². The molecule has 0 aliphatic heterocycles. The van der Waals surface area contributed by atoms with Crippen molar-refractivity contribution < 1.29 is 19.1 Å². The summed E-state index contributed by atoms with van der Waals surface area (Å²) in [6.07, 6.45) is 3.19. The highest BCUT2D eigenvalue weighted by atomic mass is 32.1. The molecule has 0 unspecified atom stereocenters. The van der Waals surface area contributed by atoms with E-state index in [4.69, 9.17) is 10.5 Å². The number of primary amides is 1. The molecule has 6 nitrogen and oxygen atoms in total. The van der Waals surface area contributed by atoms with Crippen molar-refractivity contribution in [1.29, 1.82) is 0 Å². The predicted octanol–water partition coefficient (Wildman–Crippen LogP) is 1.37. The third-order valence-electron chi connectivity index (χ3n) is 3.10. The summed E-state index contributed by atoms with van der Waals surface area (Å²) in [5, 5.41) is 1.87. The van der Waals surface area contributed by atoms with Crippen LogP contribution in [-0.2, 0) is 22.4 Å². The monoisotopic (exact) mass is 296 g/mol. The lowest BCUT2D eigenvalue weighted by Gasteiger charge is -2.10. The molecule has 0 saturated heterocycles. The number of carbonyl (C=O) groups is 3. The number of fused-ring (bicyclic) bond motifs is 1. The van der Waals surface area contributed by atoms with Crippen LogP contribution in [0.3, 0.4) is 0 Å². The largest absolute Gasteiger partial charge is 0.448 e. The van der Waals surface area contributed by atoms with E-state index in [1.807, 2.05) is 11.4 Å². The summed E-state index contributed by atoms with van der Waals surface area (Å²) in [6.45, 7) is 1.39. The van der Waals surface area contributed by atoms with Gasteiger partial charge in [0, 0.05) is 4.88 Å². The maximum Gasteiger partial charge on any atom is 0.349 e. The summed E-state index contributed by atoms with van der Waals surface area (Å²) in [5.74, 6) is -1.27. The van der Waals surface area contributed by atoms with Gasteiger partial charge in [-0.2, -0.15) is 0 Å². The van der Waals surface area contributed by atoms with Crippen molar-refractivity contribution in [2.24, 2.45) is 5.73 Å². The Kier molecular flexibility index (Phi) is 4.39. The molecule has 0 saturated carbocycles. The van der Waals surface area contributed by atoms with E-state index in [1.54, 1.807) is 0 Å². The number of urea groups is 1. The number of imide groups is 1. The molecule has 0 aromatic carbocycles. The highest BCUT2D eigenvalue weighted by Crippen LogP contribution is 2.30. The topological polar surface area (TPSA) is 98.5 Å². The fourth-order valence-electron chi connectivity index (χ4n) is 2.09. The van der Waals surface area contributed by atoms with Crippen LogP contribution in [-0.4, -0.2) is 24.0 Å². The number of amides is 3. The molecular formula is C13H16N2O4S. The molecule has 1 aliphatic rings. The Morgan fingerprint density at radius 1 is 1.35 bits per heavy atom. The average molecular weight is 296 g/mol. The number of nitrogens with one attached hydrogen (secondary N) is 1. The van der Waals surface area contributed by atoms with Gasteiger partial charge in [0.1, 0.15) is 4.88 Å². The van der Waals surface area contributed by atoms with E-state index in [2.05, 4.69) is 0 Å². The van der Waals surface area contributed by atoms with Gasteiger partial charge < -0.3 is 10.5 Å². The number of nitrogens with two attached hydrogens (primary N) is 1. The number of rotatable bonds is 3. The molecule has 2 rings (SSSR count). The quantitative estimate of drug-likeness (QED) is 0.823. The summed E-state index contributed by atoms with van der Waals surface area (Å²) < 4.78 is 5.03. The molecule has 3 N–H and O–H groups in total. The van der Waals surface area contributed by atoms with Gasteiger partial charge in [0.05, 0.1) is 0 Å². The van der Waals surface area contributed by atoms with Gasteiger partial charge in [0.25, 0.3) is 5.91 Å². The predicted molar refractivity (Wildman–Crippen MR) is 73.6 cm³/mol. The molecule has 0 radical (unpaired) electrons. The van der Waals surface area contributed by atoms with Crippen molar-refractivity contribution in [2.75, 3.05) is 0 Å². The molecule has 1 atom stereocenters. The summed E-state index contributed by atoms with van der Waals surface area (Å²) in [5.41, 5.74) is 6.03. The zero-order valence-corrected chi connectivity index (χ0v) is 11.9. The molecular weight excluding hydrogens is 280 g/mol. The van der Waals surface area contributed by atoms with Gasteiger partial charge in [-0.3, -0.25) is 10.1 Å². The molecule has 0 spiro atoms. The zero-order valence-electron chi connectivity index (χ0n) is 11.1. The molecule has 108 valence electrons. The van der Waals surface area contributed by atoms with E-state index in [-0.39, 0.29) is 0 Å². The van der Waals surface area contributed by atoms with Gasteiger partial charge in [-0.15, -0.1) is 11.3 Å². The Labute approximate surface area is 120 Å². The molecule has 1 aromatic heterocycles. The minimum absolute atomic E-state index is 0.496. The van der Waals surface area contributed by atoms with Crippen LogP contribution in [0, 0.1) is 0 Å². The summed E-state index contributed by atoms with van der Waals surface area (Å²) in [4.78, 5) is 35.7. The lowest BCUT2D eigenvalue weighted by Crippen LogP contribution is -2.42. The SMILES string of the molecule is C[C@H](OC(=O)c1cc2c(s1)CCCC2)C(=O)NC(N)=O. The van der Waals surface area contributed by atoms with Crippen LogP contribution in [0.4, 0.5) is 4.79 Å². The van der Waals surface area contributed by atoms with E-state index in [1.165, 1.54) is 28.7 Å². The van der Waals surface area contributed by atoms with Crippen molar-refractivity contribution >= 4 is 29.2 Å². The maximum atomic E-state index is 12.0. The highest BCUT2D eigenvalue weighted by molar-refractivity contribution is 7.14. The maximum absolute atomic E-state index is 12.0. The van der Waals surface area contributed by atoms with Crippen molar-refractivity contribution in [1.82, 2.24) is 5.32 Å². The van der Waals surface area contributed by atoms with Crippen molar-refractivity contribution in [3.8, 4) is 0 Å². The highest BCUT2D eigenvalue weighted by Gasteiger charge is 2.23. The van der Waals surface area contributed by atoms with Crippen molar-refractivity contribution in [2.45, 2.75) is 38.7 Å². The van der Waals surface area contributed by atoms with E-state index in [9.17, 15) is 14.4 Å². The number of carbonyl (C=O) groups excluding carboxylic acids is 3. The number of esters is 1. The molecule has 0 bridgehead atoms. The fourth-order valence-corrected chi connectivity index (χ4v) is 3.22. The molecule has 1 aliphatic carbocycles. The average Bonchev–Trinajstić information content (AvgIpc) is 2.81. The minimum atomic E-state index is -1.06. The fraction of sp³-hybridized carbons (Fsp3) is 0.462. The van der Waals surface area contributed by atoms with Crippen LogP contribution in [0.5, 0.6) is 0 Å². The first-order valence-corrected chi connectivity index (χ1v) is 7.22. The second-order valence-electron chi connectivity index (χ2n) is 4.67. The van der Waals surface area contributed by atoms with Crippen LogP contribution in [0.2, 0.25) is 0 Å². The van der Waals surface area contributed by atoms with Gasteiger partial charge in [-0.1, -0.05) is 0 Å². The third kappa shape index (κ3) is 3.36. The van der Waals surface area contributed by atoms with E-state index < -0.39 is 24.0 Å². The Morgan fingerprint density at radius 2 is 2.05 bits per heavy atom. The van der Waals surface area contributed by atoms with Crippen molar-refractivity contribution in [3.63, 3.8) is 0 Å². The number of hydrogen-bond acceptors (Lipinski definition) is 5. The number of thiophene rings is 1. The van der Waals surface area contributed by atoms with Gasteiger partial charge >= 0.3 is 12.0 Å². The van der Waals surface area contributed by atoms with Gasteiger partial charge in [0.15, 0.2) is 6.10 Å². The van der Waals surface area contributed by atoms with E-state index >= 15 is 0 Å². The standard InChI is InChI=1S/C13H16N2O4S/c1-7(11(16)15-13(14)18)19-12(17)10-6-8-4-2-3-5-9(8)20-10/h6-7H,2-5H2,1H3,(H3,14,15,16,18)/t7-/m0/s1. The van der Waals surface area contributed by atoms with Crippen LogP contribution in [0.1, 0.15) is 39.9 Å². The smallest absolute Gasteiger partial charge is 0.349 e. The van der Waals surface area contributed by atoms with E-state index in [0.717, 1.165) is 25.7 Å². The number of hydrogen-bond donors (Lipinski definition) is 2. The Hall–Kier alpha value is -1.89. The van der Waals surface area contributed by atoms with Gasteiger partial charge in [-0.25, -0.2) is 9.59 Å². The second-order valence-corrected chi connectivity index (χ2v) is 5.80. The van der Waals surface area contributed by atoms with Crippen LogP contribution in [0.15, 0.2) is 6.07 Å². The molecule has 20 heavy (non-hydrogen) atoms. The lowest BCUT2D eigenvalue weighted by molar-refractivity contribution is -0.127. The molecule has 3 amide bonds. The summed E-state index contributed by atoms with van der Waals surface area (Å²) >= 11 is 1.41. The molecule has 0 fully saturated rings. The molecule has 7 heteroatoms. The first-order chi connectivity index (χ1) is 9.47. The normalized spacial score (nSPS) is 15.1. The van der Waals surface area contributed by atoms with Crippen LogP contribution >= 0.6 is 11.3 Å². The third-order valence-corrected chi connectivity index (χ3v) is 4.31. The number of aryl methyl sites for hydroxylation is 2. The molecule has 1 aromatic rings. The minimum Gasteiger partial charge on any atom is -0.448 e. The first-order valence-electron chi connectivity index (χ1n) is 6.40.